The molecule has 0 amide bonds. The number of ketones is 2. The molecule has 0 aromatic heterocycles. The molecule has 0 saturated carbocycles. The molecular formula is C22H17NO2. The second-order valence-corrected chi connectivity index (χ2v) is 6.32. The van der Waals surface area contributed by atoms with Crippen molar-refractivity contribution in [2.75, 3.05) is 5.32 Å². The summed E-state index contributed by atoms with van der Waals surface area (Å²) in [5.41, 5.74) is 5.67. The Labute approximate surface area is 146 Å². The number of carbonyl (C=O) groups excluding carboxylic acids is 2. The van der Waals surface area contributed by atoms with Crippen molar-refractivity contribution in [1.29, 1.82) is 0 Å². The van der Waals surface area contributed by atoms with E-state index in [0.29, 0.717) is 27.9 Å². The van der Waals surface area contributed by atoms with Gasteiger partial charge in [0, 0.05) is 22.4 Å². The number of nitrogens with one attached hydrogen (secondary N) is 1. The molecule has 0 fully saturated rings. The van der Waals surface area contributed by atoms with E-state index in [9.17, 15) is 9.59 Å². The van der Waals surface area contributed by atoms with E-state index in [4.69, 9.17) is 0 Å². The maximum absolute atomic E-state index is 13.0. The number of para-hydroxylation sites is 1. The van der Waals surface area contributed by atoms with Gasteiger partial charge in [-0.3, -0.25) is 9.59 Å². The topological polar surface area (TPSA) is 46.2 Å². The molecule has 122 valence electrons. The Balaban J connectivity index is 1.88. The fourth-order valence-corrected chi connectivity index (χ4v) is 3.40. The highest BCUT2D eigenvalue weighted by Gasteiger charge is 2.31. The molecule has 0 unspecified atom stereocenters. The zero-order valence-electron chi connectivity index (χ0n) is 14.1. The average Bonchev–Trinajstić information content (AvgIpc) is 2.63. The third-order valence-corrected chi connectivity index (χ3v) is 4.69. The number of hydrogen-bond donors (Lipinski definition) is 1. The van der Waals surface area contributed by atoms with Gasteiger partial charge in [-0.15, -0.1) is 0 Å². The Kier molecular flexibility index (Phi) is 3.50. The zero-order chi connectivity index (χ0) is 17.6. The third kappa shape index (κ3) is 2.36. The van der Waals surface area contributed by atoms with Gasteiger partial charge >= 0.3 is 0 Å². The molecule has 3 aromatic carbocycles. The average molecular weight is 327 g/mol. The summed E-state index contributed by atoms with van der Waals surface area (Å²) in [7, 11) is 0. The molecule has 3 heteroatoms. The highest BCUT2D eigenvalue weighted by Crippen LogP contribution is 2.34. The first kappa shape index (κ1) is 15.3. The van der Waals surface area contributed by atoms with Crippen LogP contribution >= 0.6 is 0 Å². The van der Waals surface area contributed by atoms with Crippen LogP contribution in [0.25, 0.3) is 0 Å². The van der Waals surface area contributed by atoms with Crippen molar-refractivity contribution in [3.8, 4) is 0 Å². The molecule has 3 nitrogen and oxygen atoms in total. The summed E-state index contributed by atoms with van der Waals surface area (Å²) in [4.78, 5) is 25.9. The summed E-state index contributed by atoms with van der Waals surface area (Å²) in [6.45, 7) is 4.04. The van der Waals surface area contributed by atoms with E-state index in [-0.39, 0.29) is 11.6 Å². The lowest BCUT2D eigenvalue weighted by Gasteiger charge is -2.21. The van der Waals surface area contributed by atoms with Crippen LogP contribution in [-0.4, -0.2) is 11.6 Å². The van der Waals surface area contributed by atoms with Crippen LogP contribution in [0.3, 0.4) is 0 Å². The summed E-state index contributed by atoms with van der Waals surface area (Å²) < 4.78 is 0. The Hall–Kier alpha value is -3.20. The van der Waals surface area contributed by atoms with Gasteiger partial charge in [-0.1, -0.05) is 54.6 Å². The lowest BCUT2D eigenvalue weighted by molar-refractivity contribution is 0.0979. The largest absolute Gasteiger partial charge is 0.354 e. The quantitative estimate of drug-likeness (QED) is 0.574. The molecule has 0 heterocycles. The van der Waals surface area contributed by atoms with E-state index < -0.39 is 0 Å². The first-order chi connectivity index (χ1) is 12.1. The monoisotopic (exact) mass is 327 g/mol. The summed E-state index contributed by atoms with van der Waals surface area (Å²) in [5.74, 6) is -0.213. The van der Waals surface area contributed by atoms with Gasteiger partial charge in [0.1, 0.15) is 0 Å². The van der Waals surface area contributed by atoms with Crippen molar-refractivity contribution in [3.05, 3.63) is 94.0 Å². The predicted octanol–water partition coefficient (Wildman–Crippen LogP) is 4.82. The van der Waals surface area contributed by atoms with Crippen molar-refractivity contribution >= 4 is 22.9 Å². The molecule has 3 aromatic rings. The molecule has 1 N–H and O–H groups in total. The number of fused-ring (bicyclic) bond motifs is 2. The molecule has 0 spiro atoms. The highest BCUT2D eigenvalue weighted by atomic mass is 16.1. The first-order valence-electron chi connectivity index (χ1n) is 8.22. The van der Waals surface area contributed by atoms with Crippen LogP contribution in [0.15, 0.2) is 60.7 Å². The second kappa shape index (κ2) is 5.71. The van der Waals surface area contributed by atoms with Crippen LogP contribution in [0.2, 0.25) is 0 Å². The van der Waals surface area contributed by atoms with Gasteiger partial charge in [0.2, 0.25) is 0 Å². The number of hydrogen-bond acceptors (Lipinski definition) is 3. The Morgan fingerprint density at radius 1 is 0.640 bits per heavy atom. The normalized spacial score (nSPS) is 12.6. The van der Waals surface area contributed by atoms with Crippen molar-refractivity contribution in [2.24, 2.45) is 0 Å². The minimum atomic E-state index is -0.112. The summed E-state index contributed by atoms with van der Waals surface area (Å²) in [6, 6.07) is 18.4. The van der Waals surface area contributed by atoms with E-state index in [2.05, 4.69) is 5.32 Å². The zero-order valence-corrected chi connectivity index (χ0v) is 14.1. The van der Waals surface area contributed by atoms with Crippen molar-refractivity contribution in [3.63, 3.8) is 0 Å². The fraction of sp³-hybridized carbons (Fsp3) is 0.0909. The van der Waals surface area contributed by atoms with E-state index in [1.807, 2.05) is 44.2 Å². The molecule has 0 saturated heterocycles. The van der Waals surface area contributed by atoms with Crippen LogP contribution in [0.4, 0.5) is 11.4 Å². The lowest BCUT2D eigenvalue weighted by Crippen LogP contribution is -2.22. The minimum Gasteiger partial charge on any atom is -0.354 e. The molecule has 0 radical (unpaired) electrons. The fourth-order valence-electron chi connectivity index (χ4n) is 3.40. The molecule has 1 aliphatic rings. The summed E-state index contributed by atoms with van der Waals surface area (Å²) in [6.07, 6.45) is 0. The lowest BCUT2D eigenvalue weighted by atomic mass is 9.83. The maximum atomic E-state index is 13.0. The standard InChI is InChI=1S/C22H17NO2/c1-13-7-5-8-14(2)20(13)23-18-12-6-11-17-19(18)22(25)16-10-4-3-9-15(16)21(17)24/h3-12,23H,1-2H3. The van der Waals surface area contributed by atoms with Gasteiger partial charge in [0.15, 0.2) is 11.6 Å². The highest BCUT2D eigenvalue weighted by molar-refractivity contribution is 6.30. The molecule has 4 rings (SSSR count). The van der Waals surface area contributed by atoms with Crippen molar-refractivity contribution in [2.45, 2.75) is 13.8 Å². The number of rotatable bonds is 2. The molecule has 0 aliphatic heterocycles. The Morgan fingerprint density at radius 3 is 1.88 bits per heavy atom. The number of aryl methyl sites for hydroxylation is 2. The molecule has 25 heavy (non-hydrogen) atoms. The number of carbonyl (C=O) groups is 2. The molecule has 0 bridgehead atoms. The van der Waals surface area contributed by atoms with Gasteiger partial charge in [0.25, 0.3) is 0 Å². The van der Waals surface area contributed by atoms with Gasteiger partial charge in [-0.25, -0.2) is 0 Å². The van der Waals surface area contributed by atoms with Crippen LogP contribution in [0.5, 0.6) is 0 Å². The van der Waals surface area contributed by atoms with Crippen LogP contribution < -0.4 is 5.32 Å². The van der Waals surface area contributed by atoms with Crippen molar-refractivity contribution in [1.82, 2.24) is 0 Å². The number of benzene rings is 3. The minimum absolute atomic E-state index is 0.102. The van der Waals surface area contributed by atoms with Crippen LogP contribution in [-0.2, 0) is 0 Å². The van der Waals surface area contributed by atoms with Gasteiger partial charge in [-0.05, 0) is 31.0 Å². The molecule has 1 aliphatic carbocycles. The van der Waals surface area contributed by atoms with Crippen LogP contribution in [0.1, 0.15) is 43.0 Å². The second-order valence-electron chi connectivity index (χ2n) is 6.32. The molecule has 0 atom stereocenters. The van der Waals surface area contributed by atoms with Crippen molar-refractivity contribution < 1.29 is 9.59 Å². The van der Waals surface area contributed by atoms with Gasteiger partial charge in [0.05, 0.1) is 11.3 Å². The Morgan fingerprint density at radius 2 is 1.20 bits per heavy atom. The maximum Gasteiger partial charge on any atom is 0.196 e. The molecular weight excluding hydrogens is 310 g/mol. The smallest absolute Gasteiger partial charge is 0.196 e. The predicted molar refractivity (Wildman–Crippen MR) is 98.9 cm³/mol. The van der Waals surface area contributed by atoms with Crippen LogP contribution in [0, 0.1) is 13.8 Å². The van der Waals surface area contributed by atoms with Gasteiger partial charge in [-0.2, -0.15) is 0 Å². The number of anilines is 2. The Bertz CT molecular complexity index is 1010. The van der Waals surface area contributed by atoms with E-state index in [1.54, 1.807) is 30.3 Å². The van der Waals surface area contributed by atoms with E-state index in [1.165, 1.54) is 0 Å². The van der Waals surface area contributed by atoms with Gasteiger partial charge < -0.3 is 5.32 Å². The SMILES string of the molecule is Cc1cccc(C)c1Nc1cccc2c1C(=O)c1ccccc1C2=O. The van der Waals surface area contributed by atoms with E-state index >= 15 is 0 Å². The van der Waals surface area contributed by atoms with E-state index in [0.717, 1.165) is 16.8 Å². The first-order valence-corrected chi connectivity index (χ1v) is 8.22. The summed E-state index contributed by atoms with van der Waals surface area (Å²) in [5, 5.41) is 3.38. The summed E-state index contributed by atoms with van der Waals surface area (Å²) >= 11 is 0. The third-order valence-electron chi connectivity index (χ3n) is 4.69.